The molecule has 1 N–H and O–H groups in total. The third kappa shape index (κ3) is 4.66. The number of fused-ring (bicyclic) bond motifs is 2. The fourth-order valence-electron chi connectivity index (χ4n) is 3.92. The number of imidazole rings is 1. The van der Waals surface area contributed by atoms with E-state index in [1.807, 2.05) is 31.2 Å². The first-order chi connectivity index (χ1) is 15.4. The minimum Gasteiger partial charge on any atom is -0.484 e. The molecule has 0 saturated heterocycles. The Kier molecular flexibility index (Phi) is 6.25. The van der Waals surface area contributed by atoms with Crippen molar-refractivity contribution in [3.05, 3.63) is 70.3 Å². The Hall–Kier alpha value is -3.61. The molecule has 0 unspecified atom stereocenters. The van der Waals surface area contributed by atoms with Gasteiger partial charge in [0.2, 0.25) is 0 Å². The van der Waals surface area contributed by atoms with Crippen LogP contribution in [0.25, 0.3) is 22.0 Å². The van der Waals surface area contributed by atoms with Crippen LogP contribution in [0.15, 0.2) is 57.7 Å². The van der Waals surface area contributed by atoms with E-state index < -0.39 is 5.63 Å². The Morgan fingerprint density at radius 2 is 2.00 bits per heavy atom. The van der Waals surface area contributed by atoms with Crippen molar-refractivity contribution in [2.75, 3.05) is 13.2 Å². The molecular weight excluding hydrogens is 406 g/mol. The molecule has 0 aliphatic carbocycles. The molecule has 2 aromatic heterocycles. The lowest BCUT2D eigenvalue weighted by molar-refractivity contribution is -0.123. The second-order valence-electron chi connectivity index (χ2n) is 8.13. The highest BCUT2D eigenvalue weighted by Gasteiger charge is 2.13. The average molecular weight is 434 g/mol. The molecule has 0 fully saturated rings. The third-order valence-electron chi connectivity index (χ3n) is 5.38. The van der Waals surface area contributed by atoms with Gasteiger partial charge in [-0.25, -0.2) is 9.78 Å². The van der Waals surface area contributed by atoms with E-state index in [1.54, 1.807) is 12.1 Å². The molecule has 32 heavy (non-hydrogen) atoms. The molecule has 4 rings (SSSR count). The summed E-state index contributed by atoms with van der Waals surface area (Å²) in [7, 11) is 0. The van der Waals surface area contributed by atoms with E-state index >= 15 is 0 Å². The van der Waals surface area contributed by atoms with Gasteiger partial charge in [-0.2, -0.15) is 0 Å². The van der Waals surface area contributed by atoms with Crippen LogP contribution in [0, 0.1) is 6.92 Å². The Labute approximate surface area is 186 Å². The number of rotatable bonds is 8. The molecule has 0 aliphatic heterocycles. The van der Waals surface area contributed by atoms with Crippen LogP contribution in [0.5, 0.6) is 5.75 Å². The van der Waals surface area contributed by atoms with Gasteiger partial charge in [0.1, 0.15) is 17.2 Å². The van der Waals surface area contributed by atoms with Gasteiger partial charge in [-0.1, -0.05) is 12.1 Å². The van der Waals surface area contributed by atoms with Crippen LogP contribution < -0.4 is 15.7 Å². The summed E-state index contributed by atoms with van der Waals surface area (Å²) in [5, 5.41) is 3.73. The first-order valence-corrected chi connectivity index (χ1v) is 10.8. The molecule has 0 atom stereocenters. The first kappa shape index (κ1) is 21.6. The number of hydrogen-bond donors (Lipinski definition) is 1. The standard InChI is InChI=1S/C25H27N3O4/c1-16(2)28-21-8-5-4-7-20(21)27-23(28)9-6-12-26-24(29)15-31-18-10-11-19-17(3)13-25(30)32-22(19)14-18/h4-5,7-8,10-11,13-14,16H,6,9,12,15H2,1-3H3,(H,26,29). The molecule has 7 heteroatoms. The number of amides is 1. The maximum atomic E-state index is 12.2. The summed E-state index contributed by atoms with van der Waals surface area (Å²) in [6.07, 6.45) is 1.55. The van der Waals surface area contributed by atoms with Gasteiger partial charge in [0.05, 0.1) is 11.0 Å². The predicted molar refractivity (Wildman–Crippen MR) is 124 cm³/mol. The van der Waals surface area contributed by atoms with Crippen LogP contribution in [-0.4, -0.2) is 28.6 Å². The molecule has 0 aliphatic rings. The molecule has 1 amide bonds. The van der Waals surface area contributed by atoms with Crippen LogP contribution in [0.1, 0.15) is 37.7 Å². The summed E-state index contributed by atoms with van der Waals surface area (Å²) in [6, 6.07) is 15.1. The smallest absolute Gasteiger partial charge is 0.336 e. The Morgan fingerprint density at radius 1 is 1.19 bits per heavy atom. The molecule has 0 spiro atoms. The van der Waals surface area contributed by atoms with Gasteiger partial charge in [0.25, 0.3) is 5.91 Å². The van der Waals surface area contributed by atoms with Crippen molar-refractivity contribution in [1.82, 2.24) is 14.9 Å². The van der Waals surface area contributed by atoms with Crippen LogP contribution in [-0.2, 0) is 11.2 Å². The number of nitrogens with one attached hydrogen (secondary N) is 1. The summed E-state index contributed by atoms with van der Waals surface area (Å²) in [6.45, 7) is 6.58. The molecule has 2 heterocycles. The van der Waals surface area contributed by atoms with Crippen molar-refractivity contribution in [2.24, 2.45) is 0 Å². The number of nitrogens with zero attached hydrogens (tertiary/aromatic N) is 2. The van der Waals surface area contributed by atoms with Gasteiger partial charge in [-0.15, -0.1) is 0 Å². The van der Waals surface area contributed by atoms with Crippen molar-refractivity contribution in [1.29, 1.82) is 0 Å². The monoisotopic (exact) mass is 433 g/mol. The van der Waals surface area contributed by atoms with E-state index in [0.29, 0.717) is 23.9 Å². The van der Waals surface area contributed by atoms with Crippen LogP contribution >= 0.6 is 0 Å². The second kappa shape index (κ2) is 9.26. The normalized spacial score (nSPS) is 11.4. The van der Waals surface area contributed by atoms with Crippen LogP contribution in [0.3, 0.4) is 0 Å². The summed E-state index contributed by atoms with van der Waals surface area (Å²) < 4.78 is 13.0. The Morgan fingerprint density at radius 3 is 2.81 bits per heavy atom. The van der Waals surface area contributed by atoms with Crippen LogP contribution in [0.2, 0.25) is 0 Å². The number of hydrogen-bond acceptors (Lipinski definition) is 5. The molecule has 166 valence electrons. The second-order valence-corrected chi connectivity index (χ2v) is 8.13. The maximum Gasteiger partial charge on any atom is 0.336 e. The molecule has 7 nitrogen and oxygen atoms in total. The van der Waals surface area contributed by atoms with Crippen molar-refractivity contribution in [3.8, 4) is 5.75 Å². The molecule has 0 saturated carbocycles. The Balaban J connectivity index is 1.29. The highest BCUT2D eigenvalue weighted by molar-refractivity contribution is 5.82. The Bertz CT molecular complexity index is 1320. The van der Waals surface area contributed by atoms with Crippen molar-refractivity contribution >= 4 is 27.9 Å². The van der Waals surface area contributed by atoms with Gasteiger partial charge in [0.15, 0.2) is 6.61 Å². The number of aryl methyl sites for hydroxylation is 2. The van der Waals surface area contributed by atoms with Crippen molar-refractivity contribution < 1.29 is 13.9 Å². The first-order valence-electron chi connectivity index (χ1n) is 10.8. The van der Waals surface area contributed by atoms with Crippen molar-refractivity contribution in [3.63, 3.8) is 0 Å². The van der Waals surface area contributed by atoms with Crippen molar-refractivity contribution in [2.45, 2.75) is 39.7 Å². The number of para-hydroxylation sites is 2. The quantitative estimate of drug-likeness (QED) is 0.333. The number of carbonyl (C=O) groups excluding carboxylic acids is 1. The van der Waals surface area contributed by atoms with E-state index in [1.165, 1.54) is 6.07 Å². The minimum atomic E-state index is -0.407. The number of carbonyl (C=O) groups is 1. The fourth-order valence-corrected chi connectivity index (χ4v) is 3.92. The predicted octanol–water partition coefficient (Wildman–Crippen LogP) is 4.16. The highest BCUT2D eigenvalue weighted by atomic mass is 16.5. The van der Waals surface area contributed by atoms with E-state index in [-0.39, 0.29) is 12.5 Å². The number of benzene rings is 2. The molecule has 2 aromatic carbocycles. The van der Waals surface area contributed by atoms with Gasteiger partial charge in [0, 0.05) is 36.5 Å². The van der Waals surface area contributed by atoms with E-state index in [0.717, 1.165) is 40.6 Å². The van der Waals surface area contributed by atoms with Gasteiger partial charge in [-0.05, 0) is 57.0 Å². The third-order valence-corrected chi connectivity index (χ3v) is 5.38. The fraction of sp³-hybridized carbons (Fsp3) is 0.320. The molecule has 4 aromatic rings. The zero-order chi connectivity index (χ0) is 22.7. The average Bonchev–Trinajstić information content (AvgIpc) is 3.13. The van der Waals surface area contributed by atoms with E-state index in [9.17, 15) is 9.59 Å². The van der Waals surface area contributed by atoms with Gasteiger partial charge in [-0.3, -0.25) is 4.79 Å². The topological polar surface area (TPSA) is 86.4 Å². The van der Waals surface area contributed by atoms with E-state index in [4.69, 9.17) is 14.1 Å². The lowest BCUT2D eigenvalue weighted by atomic mass is 10.1. The summed E-state index contributed by atoms with van der Waals surface area (Å²) in [4.78, 5) is 28.5. The van der Waals surface area contributed by atoms with E-state index in [2.05, 4.69) is 29.8 Å². The van der Waals surface area contributed by atoms with Crippen LogP contribution in [0.4, 0.5) is 0 Å². The number of aromatic nitrogens is 2. The molecular formula is C25H27N3O4. The summed E-state index contributed by atoms with van der Waals surface area (Å²) >= 11 is 0. The van der Waals surface area contributed by atoms with Gasteiger partial charge >= 0.3 is 5.63 Å². The zero-order valence-corrected chi connectivity index (χ0v) is 18.6. The SMILES string of the molecule is Cc1cc(=O)oc2cc(OCC(=O)NCCCc3nc4ccccc4n3C(C)C)ccc12. The highest BCUT2D eigenvalue weighted by Crippen LogP contribution is 2.23. The maximum absolute atomic E-state index is 12.2. The zero-order valence-electron chi connectivity index (χ0n) is 18.6. The summed E-state index contributed by atoms with van der Waals surface area (Å²) in [5.74, 6) is 1.31. The lowest BCUT2D eigenvalue weighted by Gasteiger charge is -2.13. The number of ether oxygens (including phenoxy) is 1. The molecule has 0 bridgehead atoms. The lowest BCUT2D eigenvalue weighted by Crippen LogP contribution is -2.30. The summed E-state index contributed by atoms with van der Waals surface area (Å²) in [5.41, 5.74) is 3.01. The minimum absolute atomic E-state index is 0.105. The molecule has 0 radical (unpaired) electrons. The van der Waals surface area contributed by atoms with Gasteiger partial charge < -0.3 is 19.0 Å². The largest absolute Gasteiger partial charge is 0.484 e.